The second-order valence-electron chi connectivity index (χ2n) is 9.87. The molecule has 0 aromatic carbocycles. The number of aryl methyl sites for hydroxylation is 1. The number of halogens is 4. The van der Waals surface area contributed by atoms with Crippen LogP contribution in [0.5, 0.6) is 0 Å². The summed E-state index contributed by atoms with van der Waals surface area (Å²) >= 11 is 0. The highest BCUT2D eigenvalue weighted by Crippen LogP contribution is 2.34. The van der Waals surface area contributed by atoms with Gasteiger partial charge in [-0.3, -0.25) is 5.10 Å². The third kappa shape index (κ3) is 6.39. The highest BCUT2D eigenvalue weighted by Gasteiger charge is 2.34. The number of anilines is 3. The molecule has 216 valence electrons. The number of hydrogen-bond acceptors (Lipinski definition) is 7. The molecule has 5 heterocycles. The molecule has 0 spiro atoms. The molecule has 1 fully saturated rings. The Kier molecular flexibility index (Phi) is 7.51. The number of H-pyrrole nitrogens is 1. The highest BCUT2D eigenvalue weighted by molar-refractivity contribution is 5.75. The Morgan fingerprint density at radius 3 is 2.54 bits per heavy atom. The van der Waals surface area contributed by atoms with Crippen molar-refractivity contribution in [1.29, 1.82) is 0 Å². The summed E-state index contributed by atoms with van der Waals surface area (Å²) < 4.78 is 55.6. The lowest BCUT2D eigenvalue weighted by Gasteiger charge is -2.41. The molecule has 0 radical (unpaired) electrons. The van der Waals surface area contributed by atoms with Crippen LogP contribution in [0.25, 0.3) is 5.82 Å². The van der Waals surface area contributed by atoms with E-state index in [0.29, 0.717) is 11.6 Å². The first kappa shape index (κ1) is 27.9. The van der Waals surface area contributed by atoms with Gasteiger partial charge in [0, 0.05) is 43.6 Å². The Labute approximate surface area is 232 Å². The molecule has 0 unspecified atom stereocenters. The number of carbonyl (C=O) groups is 1. The molecular formula is C26H28F4N10O. The van der Waals surface area contributed by atoms with Crippen molar-refractivity contribution in [2.75, 3.05) is 29.9 Å². The van der Waals surface area contributed by atoms with Gasteiger partial charge in [0.2, 0.25) is 0 Å². The van der Waals surface area contributed by atoms with Gasteiger partial charge < -0.3 is 20.4 Å². The lowest BCUT2D eigenvalue weighted by atomic mass is 10.1. The van der Waals surface area contributed by atoms with E-state index in [1.54, 1.807) is 41.1 Å². The van der Waals surface area contributed by atoms with Gasteiger partial charge in [-0.1, -0.05) is 6.07 Å². The smallest absolute Gasteiger partial charge is 0.353 e. The average Bonchev–Trinajstić information content (AvgIpc) is 3.55. The van der Waals surface area contributed by atoms with Gasteiger partial charge in [0.15, 0.2) is 17.5 Å². The molecule has 41 heavy (non-hydrogen) atoms. The van der Waals surface area contributed by atoms with Crippen molar-refractivity contribution in [2.45, 2.75) is 39.0 Å². The first-order chi connectivity index (χ1) is 19.5. The average molecular weight is 573 g/mol. The first-order valence-corrected chi connectivity index (χ1v) is 12.8. The molecule has 4 aromatic heterocycles. The molecule has 1 aliphatic rings. The van der Waals surface area contributed by atoms with Gasteiger partial charge in [0.1, 0.15) is 11.6 Å². The second kappa shape index (κ2) is 11.1. The van der Waals surface area contributed by atoms with Crippen molar-refractivity contribution < 1.29 is 22.4 Å². The minimum atomic E-state index is -4.57. The van der Waals surface area contributed by atoms with Crippen LogP contribution in [0, 0.1) is 12.7 Å². The molecule has 2 atom stereocenters. The van der Waals surface area contributed by atoms with E-state index < -0.39 is 17.6 Å². The summed E-state index contributed by atoms with van der Waals surface area (Å²) in [5.74, 6) is 0.473. The lowest BCUT2D eigenvalue weighted by Crippen LogP contribution is -2.57. The quantitative estimate of drug-likeness (QED) is 0.290. The van der Waals surface area contributed by atoms with Gasteiger partial charge in [-0.05, 0) is 44.5 Å². The zero-order valence-electron chi connectivity index (χ0n) is 22.4. The number of pyridine rings is 2. The number of nitrogens with zero attached hydrogens (tertiary/aromatic N) is 7. The maximum absolute atomic E-state index is 13.7. The monoisotopic (exact) mass is 572 g/mol. The number of urea groups is 1. The summed E-state index contributed by atoms with van der Waals surface area (Å²) in [5.41, 5.74) is 0.647. The van der Waals surface area contributed by atoms with Gasteiger partial charge in [-0.2, -0.15) is 23.4 Å². The Bertz CT molecular complexity index is 1520. The van der Waals surface area contributed by atoms with E-state index in [-0.39, 0.29) is 49.4 Å². The minimum Gasteiger partial charge on any atom is -0.353 e. The molecule has 1 saturated heterocycles. The number of rotatable bonds is 6. The summed E-state index contributed by atoms with van der Waals surface area (Å²) in [6, 6.07) is 6.05. The predicted octanol–water partition coefficient (Wildman–Crippen LogP) is 4.58. The maximum atomic E-state index is 13.7. The van der Waals surface area contributed by atoms with Crippen LogP contribution in [0.15, 0.2) is 48.9 Å². The molecule has 0 saturated carbocycles. The van der Waals surface area contributed by atoms with Gasteiger partial charge in [0.05, 0.1) is 24.0 Å². The Hall–Kier alpha value is -4.69. The summed E-state index contributed by atoms with van der Waals surface area (Å²) in [6.07, 6.45) is -0.697. The van der Waals surface area contributed by atoms with Crippen LogP contribution in [0.1, 0.15) is 36.7 Å². The summed E-state index contributed by atoms with van der Waals surface area (Å²) in [7, 11) is 0. The number of carbonyl (C=O) groups excluding carboxylic acids is 1. The number of nitrogens with one attached hydrogen (secondary N) is 3. The number of aromatic amines is 1. The predicted molar refractivity (Wildman–Crippen MR) is 142 cm³/mol. The van der Waals surface area contributed by atoms with Crippen LogP contribution in [0.3, 0.4) is 0 Å². The summed E-state index contributed by atoms with van der Waals surface area (Å²) in [5, 5.41) is 16.4. The third-order valence-corrected chi connectivity index (χ3v) is 6.71. The number of aromatic nitrogens is 6. The van der Waals surface area contributed by atoms with E-state index in [1.165, 1.54) is 10.9 Å². The zero-order valence-corrected chi connectivity index (χ0v) is 22.4. The first-order valence-electron chi connectivity index (χ1n) is 12.8. The molecule has 1 aliphatic heterocycles. The van der Waals surface area contributed by atoms with Crippen LogP contribution < -0.4 is 15.5 Å². The highest BCUT2D eigenvalue weighted by atomic mass is 19.4. The fourth-order valence-electron chi connectivity index (χ4n) is 4.55. The standard InChI is InChI=1S/C26H28F4N10O/c1-15-8-22(37-36-15)34-21-9-19(26(28,29)30)10-24(35-21)38-6-7-39(16(2)13-38)25(41)33-17(3)18-4-5-23(31-11-18)40-14-20(27)12-32-40/h4-5,8-12,14,16-17H,6-7,13H2,1-3H3,(H,33,41)(H2,34,35,36,37)/t16-,17+/m1/s1. The Morgan fingerprint density at radius 1 is 1.12 bits per heavy atom. The molecule has 4 aromatic rings. The normalized spacial score (nSPS) is 16.5. The van der Waals surface area contributed by atoms with Gasteiger partial charge in [0.25, 0.3) is 0 Å². The molecule has 2 amide bonds. The largest absolute Gasteiger partial charge is 0.416 e. The van der Waals surface area contributed by atoms with Crippen molar-refractivity contribution in [2.24, 2.45) is 0 Å². The summed E-state index contributed by atoms with van der Waals surface area (Å²) in [4.78, 5) is 25.2. The van der Waals surface area contributed by atoms with E-state index in [0.717, 1.165) is 29.6 Å². The van der Waals surface area contributed by atoms with Crippen LogP contribution in [-0.2, 0) is 6.18 Å². The molecule has 5 rings (SSSR count). The van der Waals surface area contributed by atoms with Crippen LogP contribution in [0.2, 0.25) is 0 Å². The van der Waals surface area contributed by atoms with E-state index in [4.69, 9.17) is 0 Å². The zero-order chi connectivity index (χ0) is 29.3. The second-order valence-corrected chi connectivity index (χ2v) is 9.87. The van der Waals surface area contributed by atoms with Gasteiger partial charge in [-0.25, -0.2) is 23.8 Å². The van der Waals surface area contributed by atoms with Gasteiger partial charge >= 0.3 is 12.2 Å². The van der Waals surface area contributed by atoms with Crippen LogP contribution >= 0.6 is 0 Å². The molecule has 0 aliphatic carbocycles. The van der Waals surface area contributed by atoms with E-state index in [2.05, 4.69) is 35.9 Å². The Morgan fingerprint density at radius 2 is 1.93 bits per heavy atom. The molecular weight excluding hydrogens is 544 g/mol. The molecule has 3 N–H and O–H groups in total. The van der Waals surface area contributed by atoms with Crippen LogP contribution in [0.4, 0.5) is 39.8 Å². The maximum Gasteiger partial charge on any atom is 0.416 e. The fourth-order valence-corrected chi connectivity index (χ4v) is 4.55. The minimum absolute atomic E-state index is 0.0142. The number of amides is 2. The van der Waals surface area contributed by atoms with E-state index in [1.807, 2.05) is 13.8 Å². The molecule has 15 heteroatoms. The topological polar surface area (TPSA) is 120 Å². The molecule has 0 bridgehead atoms. The summed E-state index contributed by atoms with van der Waals surface area (Å²) in [6.45, 7) is 6.27. The number of alkyl halides is 3. The van der Waals surface area contributed by atoms with Gasteiger partial charge in [-0.15, -0.1) is 0 Å². The SMILES string of the molecule is Cc1cc(Nc2cc(C(F)(F)F)cc(N3CCN(C(=O)N[C@@H](C)c4ccc(-n5cc(F)cn5)nc4)[C@H](C)C3)n2)n[nH]1. The third-order valence-electron chi connectivity index (χ3n) is 6.71. The lowest BCUT2D eigenvalue weighted by molar-refractivity contribution is -0.137. The van der Waals surface area contributed by atoms with Crippen molar-refractivity contribution >= 4 is 23.5 Å². The van der Waals surface area contributed by atoms with Crippen molar-refractivity contribution in [3.63, 3.8) is 0 Å². The van der Waals surface area contributed by atoms with Crippen LogP contribution in [-0.4, -0.2) is 66.6 Å². The molecule has 11 nitrogen and oxygen atoms in total. The Balaban J connectivity index is 1.24. The van der Waals surface area contributed by atoms with E-state index in [9.17, 15) is 22.4 Å². The van der Waals surface area contributed by atoms with E-state index >= 15 is 0 Å². The van der Waals surface area contributed by atoms with Crippen molar-refractivity contribution in [3.05, 3.63) is 71.6 Å². The van der Waals surface area contributed by atoms with Crippen molar-refractivity contribution in [3.8, 4) is 5.82 Å². The fraction of sp³-hybridized carbons (Fsp3) is 0.346. The van der Waals surface area contributed by atoms with Crippen molar-refractivity contribution in [1.82, 2.24) is 40.2 Å². The number of piperazine rings is 1. The number of hydrogen-bond donors (Lipinski definition) is 3.